The predicted molar refractivity (Wildman–Crippen MR) is 117 cm³/mol. The number of benzene rings is 1. The van der Waals surface area contributed by atoms with Gasteiger partial charge in [0.15, 0.2) is 0 Å². The van der Waals surface area contributed by atoms with Gasteiger partial charge in [0.25, 0.3) is 10.0 Å². The predicted octanol–water partition coefficient (Wildman–Crippen LogP) is 2.94. The van der Waals surface area contributed by atoms with Gasteiger partial charge in [-0.25, -0.2) is 17.6 Å². The summed E-state index contributed by atoms with van der Waals surface area (Å²) < 4.78 is 51.2. The SMILES string of the molecule is CCOC(=O)c1ccc(S(=O)(=O)N2CCN(C(=O)C3(c4cccc(F)c4)CCCC3)CC2)o1. The summed E-state index contributed by atoms with van der Waals surface area (Å²) >= 11 is 0. The Morgan fingerprint density at radius 2 is 1.79 bits per heavy atom. The van der Waals surface area contributed by atoms with Gasteiger partial charge in [-0.3, -0.25) is 4.79 Å². The Hall–Kier alpha value is -2.72. The van der Waals surface area contributed by atoms with Crippen LogP contribution in [0.2, 0.25) is 0 Å². The molecule has 1 saturated heterocycles. The molecule has 0 atom stereocenters. The summed E-state index contributed by atoms with van der Waals surface area (Å²) in [5, 5.41) is -0.336. The number of rotatable bonds is 6. The average molecular weight is 479 g/mol. The topological polar surface area (TPSA) is 97.1 Å². The highest BCUT2D eigenvalue weighted by molar-refractivity contribution is 7.89. The summed E-state index contributed by atoms with van der Waals surface area (Å²) in [6.45, 7) is 2.44. The third-order valence-electron chi connectivity index (χ3n) is 6.42. The molecule has 2 aromatic rings. The molecule has 178 valence electrons. The third-order valence-corrected chi connectivity index (χ3v) is 8.19. The minimum atomic E-state index is -3.96. The minimum Gasteiger partial charge on any atom is -0.460 e. The molecule has 1 amide bonds. The number of amides is 1. The van der Waals surface area contributed by atoms with Gasteiger partial charge in [-0.15, -0.1) is 0 Å². The van der Waals surface area contributed by atoms with Crippen LogP contribution in [0.3, 0.4) is 0 Å². The quantitative estimate of drug-likeness (QED) is 0.593. The first-order valence-corrected chi connectivity index (χ1v) is 12.5. The molecule has 2 heterocycles. The van der Waals surface area contributed by atoms with E-state index in [1.807, 2.05) is 0 Å². The van der Waals surface area contributed by atoms with Crippen LogP contribution >= 0.6 is 0 Å². The van der Waals surface area contributed by atoms with Crippen LogP contribution < -0.4 is 0 Å². The number of halogens is 1. The Kier molecular flexibility index (Phi) is 6.58. The number of furan rings is 1. The molecule has 0 spiro atoms. The van der Waals surface area contributed by atoms with E-state index in [2.05, 4.69) is 0 Å². The van der Waals surface area contributed by atoms with Crippen LogP contribution in [0.1, 0.15) is 48.7 Å². The van der Waals surface area contributed by atoms with Crippen molar-refractivity contribution in [3.63, 3.8) is 0 Å². The second kappa shape index (κ2) is 9.26. The molecule has 1 saturated carbocycles. The van der Waals surface area contributed by atoms with Crippen molar-refractivity contribution in [2.24, 2.45) is 0 Å². The number of hydrogen-bond acceptors (Lipinski definition) is 6. The minimum absolute atomic E-state index is 0.0785. The molecule has 0 radical (unpaired) electrons. The molecule has 33 heavy (non-hydrogen) atoms. The van der Waals surface area contributed by atoms with E-state index in [0.29, 0.717) is 18.4 Å². The van der Waals surface area contributed by atoms with Crippen LogP contribution in [0.25, 0.3) is 0 Å². The van der Waals surface area contributed by atoms with E-state index >= 15 is 0 Å². The summed E-state index contributed by atoms with van der Waals surface area (Å²) in [5.74, 6) is -1.36. The van der Waals surface area contributed by atoms with E-state index in [4.69, 9.17) is 9.15 Å². The summed E-state index contributed by atoms with van der Waals surface area (Å²) in [5.41, 5.74) is -0.0827. The van der Waals surface area contributed by atoms with Gasteiger partial charge in [-0.05, 0) is 49.6 Å². The van der Waals surface area contributed by atoms with Crippen LogP contribution in [-0.2, 0) is 25.0 Å². The first-order chi connectivity index (χ1) is 15.8. The van der Waals surface area contributed by atoms with Crippen LogP contribution in [0.4, 0.5) is 4.39 Å². The average Bonchev–Trinajstić information content (AvgIpc) is 3.50. The lowest BCUT2D eigenvalue weighted by atomic mass is 9.77. The molecule has 4 rings (SSSR count). The molecular formula is C23H27FN2O6S. The molecule has 1 aliphatic heterocycles. The molecule has 2 fully saturated rings. The zero-order valence-electron chi connectivity index (χ0n) is 18.5. The standard InChI is InChI=1S/C23H27FN2O6S/c1-2-31-21(27)19-8-9-20(32-19)33(29,30)26-14-12-25(13-15-26)22(28)23(10-3-4-11-23)17-6-5-7-18(24)16-17/h5-9,16H,2-4,10-15H2,1H3. The van der Waals surface area contributed by atoms with Crippen molar-refractivity contribution in [1.82, 2.24) is 9.21 Å². The van der Waals surface area contributed by atoms with Crippen LogP contribution in [0, 0.1) is 5.82 Å². The number of hydrogen-bond donors (Lipinski definition) is 0. The van der Waals surface area contributed by atoms with Crippen molar-refractivity contribution in [3.05, 3.63) is 53.5 Å². The molecule has 1 aliphatic carbocycles. The first kappa shape index (κ1) is 23.4. The Bertz CT molecular complexity index is 1130. The Morgan fingerprint density at radius 1 is 1.09 bits per heavy atom. The van der Waals surface area contributed by atoms with Crippen LogP contribution in [0.5, 0.6) is 0 Å². The molecule has 1 aromatic heterocycles. The molecule has 0 unspecified atom stereocenters. The van der Waals surface area contributed by atoms with Gasteiger partial charge in [0.2, 0.25) is 16.8 Å². The molecule has 1 aromatic carbocycles. The van der Waals surface area contributed by atoms with Crippen molar-refractivity contribution < 1.29 is 31.6 Å². The molecule has 2 aliphatic rings. The van der Waals surface area contributed by atoms with Gasteiger partial charge >= 0.3 is 5.97 Å². The number of carbonyl (C=O) groups is 2. The highest BCUT2D eigenvalue weighted by atomic mass is 32.2. The van der Waals surface area contributed by atoms with Crippen LogP contribution in [-0.4, -0.2) is 62.3 Å². The molecule has 10 heteroatoms. The second-order valence-electron chi connectivity index (χ2n) is 8.33. The van der Waals surface area contributed by atoms with Crippen molar-refractivity contribution in [2.75, 3.05) is 32.8 Å². The fourth-order valence-corrected chi connectivity index (χ4v) is 6.06. The lowest BCUT2D eigenvalue weighted by Gasteiger charge is -2.39. The fraction of sp³-hybridized carbons (Fsp3) is 0.478. The van der Waals surface area contributed by atoms with E-state index in [1.165, 1.54) is 28.6 Å². The number of ether oxygens (including phenoxy) is 1. The zero-order valence-corrected chi connectivity index (χ0v) is 19.3. The monoisotopic (exact) mass is 478 g/mol. The summed E-state index contributed by atoms with van der Waals surface area (Å²) in [6.07, 6.45) is 3.07. The van der Waals surface area contributed by atoms with Gasteiger partial charge in [-0.2, -0.15) is 4.31 Å². The number of carbonyl (C=O) groups excluding carboxylic acids is 2. The summed E-state index contributed by atoms with van der Waals surface area (Å²) in [7, 11) is -3.96. The van der Waals surface area contributed by atoms with Crippen LogP contribution in [0.15, 0.2) is 45.9 Å². The van der Waals surface area contributed by atoms with Gasteiger partial charge in [0.1, 0.15) is 5.82 Å². The highest BCUT2D eigenvalue weighted by Gasteiger charge is 2.46. The lowest BCUT2D eigenvalue weighted by Crippen LogP contribution is -2.55. The van der Waals surface area contributed by atoms with Crippen molar-refractivity contribution in [1.29, 1.82) is 0 Å². The van der Waals surface area contributed by atoms with E-state index in [9.17, 15) is 22.4 Å². The van der Waals surface area contributed by atoms with Gasteiger partial charge in [0.05, 0.1) is 12.0 Å². The third kappa shape index (κ3) is 4.41. The maximum absolute atomic E-state index is 13.9. The highest BCUT2D eigenvalue weighted by Crippen LogP contribution is 2.43. The number of piperazine rings is 1. The number of nitrogens with zero attached hydrogens (tertiary/aromatic N) is 2. The summed E-state index contributed by atoms with van der Waals surface area (Å²) in [4.78, 5) is 27.0. The summed E-state index contributed by atoms with van der Waals surface area (Å²) in [6, 6.07) is 8.72. The largest absolute Gasteiger partial charge is 0.460 e. The first-order valence-electron chi connectivity index (χ1n) is 11.1. The van der Waals surface area contributed by atoms with E-state index < -0.39 is 21.4 Å². The molecule has 0 N–H and O–H groups in total. The molecular weight excluding hydrogens is 451 g/mol. The Labute approximate surface area is 192 Å². The molecule has 8 nitrogen and oxygen atoms in total. The van der Waals surface area contributed by atoms with Gasteiger partial charge in [-0.1, -0.05) is 25.0 Å². The maximum atomic E-state index is 13.9. The van der Waals surface area contributed by atoms with Crippen molar-refractivity contribution in [3.8, 4) is 0 Å². The zero-order chi connectivity index (χ0) is 23.6. The number of esters is 1. The molecule has 0 bridgehead atoms. The van der Waals surface area contributed by atoms with Crippen molar-refractivity contribution >= 4 is 21.9 Å². The smallest absolute Gasteiger partial charge is 0.374 e. The van der Waals surface area contributed by atoms with E-state index in [1.54, 1.807) is 24.0 Å². The normalized spacial score (nSPS) is 18.9. The lowest BCUT2D eigenvalue weighted by molar-refractivity contribution is -0.138. The van der Waals surface area contributed by atoms with Gasteiger partial charge < -0.3 is 14.1 Å². The van der Waals surface area contributed by atoms with E-state index in [-0.39, 0.29) is 55.4 Å². The Morgan fingerprint density at radius 3 is 2.42 bits per heavy atom. The second-order valence-corrected chi connectivity index (χ2v) is 10.2. The van der Waals surface area contributed by atoms with E-state index in [0.717, 1.165) is 12.8 Å². The fourth-order valence-electron chi connectivity index (χ4n) is 4.72. The van der Waals surface area contributed by atoms with Crippen molar-refractivity contribution in [2.45, 2.75) is 43.1 Å². The Balaban J connectivity index is 1.47. The number of sulfonamides is 1. The van der Waals surface area contributed by atoms with Gasteiger partial charge in [0, 0.05) is 26.2 Å². The maximum Gasteiger partial charge on any atom is 0.374 e.